The van der Waals surface area contributed by atoms with Crippen LogP contribution in [-0.4, -0.2) is 49.7 Å². The smallest absolute Gasteiger partial charge is 0.253 e. The topological polar surface area (TPSA) is 85.5 Å². The summed E-state index contributed by atoms with van der Waals surface area (Å²) in [6, 6.07) is 18.0. The Balaban J connectivity index is 1.37. The standard InChI is InChI=1S/C22H22N6O2S/c1-30-18-11-7-16(8-12-18)20-13-19(15-5-3-2-4-6-15)24-28(20)21(29)14-31-22-23-25-26-27(22)17-9-10-17/h2-8,11-12,17,20H,9-10,13-14H2,1H3. The van der Waals surface area contributed by atoms with Crippen molar-refractivity contribution in [3.05, 3.63) is 65.7 Å². The molecule has 1 aromatic heterocycles. The van der Waals surface area contributed by atoms with E-state index in [9.17, 15) is 4.79 Å². The minimum absolute atomic E-state index is 0.0675. The number of tetrazole rings is 1. The van der Waals surface area contributed by atoms with Gasteiger partial charge in [-0.15, -0.1) is 5.10 Å². The summed E-state index contributed by atoms with van der Waals surface area (Å²) < 4.78 is 7.10. The Morgan fingerprint density at radius 3 is 2.61 bits per heavy atom. The monoisotopic (exact) mass is 434 g/mol. The van der Waals surface area contributed by atoms with Crippen LogP contribution in [0, 0.1) is 0 Å². The second-order valence-corrected chi connectivity index (χ2v) is 8.51. The number of carbonyl (C=O) groups excluding carboxylic acids is 1. The summed E-state index contributed by atoms with van der Waals surface area (Å²) in [5.41, 5.74) is 2.96. The van der Waals surface area contributed by atoms with Crippen LogP contribution in [0.1, 0.15) is 42.5 Å². The molecule has 1 aliphatic heterocycles. The number of thioether (sulfide) groups is 1. The Labute approximate surface area is 184 Å². The number of rotatable bonds is 7. The zero-order valence-corrected chi connectivity index (χ0v) is 17.9. The summed E-state index contributed by atoms with van der Waals surface area (Å²) in [6.07, 6.45) is 2.83. The van der Waals surface area contributed by atoms with E-state index < -0.39 is 0 Å². The Kier molecular flexibility index (Phi) is 5.42. The Hall–Kier alpha value is -3.20. The van der Waals surface area contributed by atoms with Crippen LogP contribution in [-0.2, 0) is 4.79 Å². The molecule has 1 amide bonds. The van der Waals surface area contributed by atoms with Gasteiger partial charge >= 0.3 is 0 Å². The fraction of sp³-hybridized carbons (Fsp3) is 0.318. The van der Waals surface area contributed by atoms with Gasteiger partial charge in [-0.3, -0.25) is 4.79 Å². The van der Waals surface area contributed by atoms with E-state index in [0.717, 1.165) is 35.4 Å². The Morgan fingerprint density at radius 1 is 1.13 bits per heavy atom. The summed E-state index contributed by atoms with van der Waals surface area (Å²) in [5.74, 6) is 0.944. The molecule has 2 heterocycles. The van der Waals surface area contributed by atoms with Crippen LogP contribution in [0.4, 0.5) is 0 Å². The van der Waals surface area contributed by atoms with Crippen LogP contribution in [0.5, 0.6) is 5.75 Å². The lowest BCUT2D eigenvalue weighted by Gasteiger charge is -2.22. The van der Waals surface area contributed by atoms with E-state index in [-0.39, 0.29) is 17.7 Å². The quantitative estimate of drug-likeness (QED) is 0.529. The number of hydrogen-bond donors (Lipinski definition) is 0. The molecule has 5 rings (SSSR count). The zero-order valence-electron chi connectivity index (χ0n) is 17.1. The molecule has 1 saturated carbocycles. The predicted octanol–water partition coefficient (Wildman–Crippen LogP) is 3.49. The maximum Gasteiger partial charge on any atom is 0.253 e. The molecule has 31 heavy (non-hydrogen) atoms. The van der Waals surface area contributed by atoms with E-state index in [1.807, 2.05) is 59.3 Å². The molecular weight excluding hydrogens is 412 g/mol. The van der Waals surface area contributed by atoms with Gasteiger partial charge in [-0.25, -0.2) is 9.69 Å². The van der Waals surface area contributed by atoms with E-state index in [2.05, 4.69) is 15.5 Å². The van der Waals surface area contributed by atoms with E-state index in [0.29, 0.717) is 17.6 Å². The molecule has 1 atom stereocenters. The van der Waals surface area contributed by atoms with Crippen LogP contribution in [0.2, 0.25) is 0 Å². The third kappa shape index (κ3) is 4.18. The van der Waals surface area contributed by atoms with Crippen molar-refractivity contribution in [3.63, 3.8) is 0 Å². The highest BCUT2D eigenvalue weighted by atomic mass is 32.2. The number of carbonyl (C=O) groups is 1. The van der Waals surface area contributed by atoms with Gasteiger partial charge in [0.1, 0.15) is 5.75 Å². The molecule has 2 aliphatic rings. The second kappa shape index (κ2) is 8.50. The van der Waals surface area contributed by atoms with Gasteiger partial charge in [0.25, 0.3) is 5.91 Å². The van der Waals surface area contributed by atoms with Crippen LogP contribution in [0.15, 0.2) is 64.9 Å². The first kappa shape index (κ1) is 19.7. The highest BCUT2D eigenvalue weighted by molar-refractivity contribution is 7.99. The lowest BCUT2D eigenvalue weighted by Crippen LogP contribution is -2.28. The van der Waals surface area contributed by atoms with Crippen molar-refractivity contribution in [2.24, 2.45) is 5.10 Å². The first-order valence-electron chi connectivity index (χ1n) is 10.2. The van der Waals surface area contributed by atoms with Crippen molar-refractivity contribution in [1.29, 1.82) is 0 Å². The van der Waals surface area contributed by atoms with E-state index in [4.69, 9.17) is 9.84 Å². The second-order valence-electron chi connectivity index (χ2n) is 7.57. The molecule has 0 saturated heterocycles. The number of ether oxygens (including phenoxy) is 1. The molecule has 158 valence electrons. The van der Waals surface area contributed by atoms with Crippen LogP contribution >= 0.6 is 11.8 Å². The van der Waals surface area contributed by atoms with Crippen molar-refractivity contribution in [2.75, 3.05) is 12.9 Å². The molecule has 1 fully saturated rings. The van der Waals surface area contributed by atoms with Crippen molar-refractivity contribution >= 4 is 23.4 Å². The first-order chi connectivity index (χ1) is 15.2. The lowest BCUT2D eigenvalue weighted by molar-refractivity contribution is -0.130. The molecule has 3 aromatic rings. The summed E-state index contributed by atoms with van der Waals surface area (Å²) in [4.78, 5) is 13.2. The minimum Gasteiger partial charge on any atom is -0.497 e. The SMILES string of the molecule is COc1ccc(C2CC(c3ccccc3)=NN2C(=O)CSc2nnnn2C2CC2)cc1. The number of hydrazone groups is 1. The lowest BCUT2D eigenvalue weighted by atomic mass is 9.98. The van der Waals surface area contributed by atoms with Crippen molar-refractivity contribution < 1.29 is 9.53 Å². The van der Waals surface area contributed by atoms with E-state index in [1.54, 1.807) is 12.1 Å². The maximum atomic E-state index is 13.2. The van der Waals surface area contributed by atoms with Gasteiger partial charge in [0, 0.05) is 6.42 Å². The fourth-order valence-electron chi connectivity index (χ4n) is 3.65. The zero-order chi connectivity index (χ0) is 21.2. The number of methoxy groups -OCH3 is 1. The van der Waals surface area contributed by atoms with Crippen LogP contribution in [0.25, 0.3) is 0 Å². The molecule has 0 spiro atoms. The number of hydrogen-bond acceptors (Lipinski definition) is 7. The average Bonchev–Trinajstić information content (AvgIpc) is 3.38. The Morgan fingerprint density at radius 2 is 1.90 bits per heavy atom. The first-order valence-corrected chi connectivity index (χ1v) is 11.2. The predicted molar refractivity (Wildman–Crippen MR) is 117 cm³/mol. The summed E-state index contributed by atoms with van der Waals surface area (Å²) in [6.45, 7) is 0. The largest absolute Gasteiger partial charge is 0.497 e. The minimum atomic E-state index is -0.159. The third-order valence-corrected chi connectivity index (χ3v) is 6.37. The van der Waals surface area contributed by atoms with Crippen LogP contribution < -0.4 is 4.74 Å². The third-order valence-electron chi connectivity index (χ3n) is 5.45. The molecule has 0 radical (unpaired) electrons. The summed E-state index contributed by atoms with van der Waals surface area (Å²) in [7, 11) is 1.64. The van der Waals surface area contributed by atoms with Gasteiger partial charge < -0.3 is 4.74 Å². The maximum absolute atomic E-state index is 13.2. The molecule has 0 N–H and O–H groups in total. The van der Waals surface area contributed by atoms with Crippen molar-refractivity contribution in [2.45, 2.75) is 36.5 Å². The van der Waals surface area contributed by atoms with Crippen molar-refractivity contribution in [3.8, 4) is 5.75 Å². The van der Waals surface area contributed by atoms with E-state index >= 15 is 0 Å². The van der Waals surface area contributed by atoms with Gasteiger partial charge in [-0.05, 0) is 46.5 Å². The summed E-state index contributed by atoms with van der Waals surface area (Å²) >= 11 is 1.36. The van der Waals surface area contributed by atoms with Gasteiger partial charge in [-0.1, -0.05) is 54.2 Å². The molecule has 2 aromatic carbocycles. The molecule has 8 nitrogen and oxygen atoms in total. The highest BCUT2D eigenvalue weighted by Crippen LogP contribution is 2.37. The van der Waals surface area contributed by atoms with Gasteiger partial charge in [0.05, 0.1) is 30.7 Å². The Bertz CT molecular complexity index is 1090. The van der Waals surface area contributed by atoms with Crippen LogP contribution in [0.3, 0.4) is 0 Å². The number of aromatic nitrogens is 4. The molecule has 0 bridgehead atoms. The molecule has 9 heteroatoms. The number of benzene rings is 2. The summed E-state index contributed by atoms with van der Waals surface area (Å²) in [5, 5.41) is 18.9. The van der Waals surface area contributed by atoms with Gasteiger partial charge in [0.15, 0.2) is 0 Å². The van der Waals surface area contributed by atoms with Crippen molar-refractivity contribution in [1.82, 2.24) is 25.2 Å². The van der Waals surface area contributed by atoms with Gasteiger partial charge in [0.2, 0.25) is 5.16 Å². The molecular formula is C22H22N6O2S. The molecule has 1 aliphatic carbocycles. The molecule has 1 unspecified atom stereocenters. The number of nitrogens with zero attached hydrogens (tertiary/aromatic N) is 6. The number of amides is 1. The normalized spacial score (nSPS) is 18.2. The highest BCUT2D eigenvalue weighted by Gasteiger charge is 2.34. The van der Waals surface area contributed by atoms with E-state index in [1.165, 1.54) is 11.8 Å². The van der Waals surface area contributed by atoms with Gasteiger partial charge in [-0.2, -0.15) is 5.10 Å². The average molecular weight is 435 g/mol. The fourth-order valence-corrected chi connectivity index (χ4v) is 4.45.